The molecule has 4 N–H and O–H groups in total. The van der Waals surface area contributed by atoms with Crippen LogP contribution in [0.4, 0.5) is 0 Å². The maximum Gasteiger partial charge on any atom is 0.116 e. The van der Waals surface area contributed by atoms with Gasteiger partial charge in [-0.05, 0) is 42.7 Å². The molecular weight excluding hydrogens is 344 g/mol. The zero-order valence-electron chi connectivity index (χ0n) is 17.2. The van der Waals surface area contributed by atoms with Crippen LogP contribution in [0, 0.1) is 17.8 Å². The van der Waals surface area contributed by atoms with Crippen LogP contribution in [0.1, 0.15) is 58.3 Å². The summed E-state index contributed by atoms with van der Waals surface area (Å²) in [6, 6.07) is 8.16. The first-order chi connectivity index (χ1) is 12.6. The van der Waals surface area contributed by atoms with Crippen LogP contribution in [0.25, 0.3) is 0 Å². The summed E-state index contributed by atoms with van der Waals surface area (Å²) in [4.78, 5) is 0. The fourth-order valence-electron chi connectivity index (χ4n) is 4.01. The molecule has 1 fully saturated rings. The van der Waals surface area contributed by atoms with Crippen LogP contribution in [-0.4, -0.2) is 50.9 Å². The third kappa shape index (κ3) is 4.90. The van der Waals surface area contributed by atoms with E-state index in [9.17, 15) is 20.4 Å². The minimum absolute atomic E-state index is 0.140. The molecule has 0 bridgehead atoms. The third-order valence-electron chi connectivity index (χ3n) is 5.71. The van der Waals surface area contributed by atoms with Gasteiger partial charge in [0, 0.05) is 12.5 Å². The Morgan fingerprint density at radius 1 is 1.15 bits per heavy atom. The second kappa shape index (κ2) is 9.01. The van der Waals surface area contributed by atoms with E-state index in [1.54, 1.807) is 0 Å². The molecule has 27 heavy (non-hydrogen) atoms. The monoisotopic (exact) mass is 380 g/mol. The largest absolute Gasteiger partial charge is 0.396 e. The van der Waals surface area contributed by atoms with E-state index in [0.717, 1.165) is 12.0 Å². The van der Waals surface area contributed by atoms with Crippen LogP contribution in [0.3, 0.4) is 0 Å². The average molecular weight is 381 g/mol. The van der Waals surface area contributed by atoms with Crippen molar-refractivity contribution in [2.24, 2.45) is 17.8 Å². The first-order valence-corrected chi connectivity index (χ1v) is 10.0. The highest BCUT2D eigenvalue weighted by Gasteiger charge is 2.51. The van der Waals surface area contributed by atoms with E-state index < -0.39 is 29.8 Å². The molecule has 1 aromatic rings. The number of hydrogen-bond acceptors (Lipinski definition) is 5. The van der Waals surface area contributed by atoms with E-state index in [0.29, 0.717) is 5.92 Å². The van der Waals surface area contributed by atoms with Gasteiger partial charge in [-0.2, -0.15) is 0 Å². The van der Waals surface area contributed by atoms with E-state index in [-0.39, 0.29) is 25.0 Å². The molecule has 1 aliphatic carbocycles. The zero-order chi connectivity index (χ0) is 20.4. The number of rotatable bonds is 7. The van der Waals surface area contributed by atoms with Gasteiger partial charge in [0.15, 0.2) is 0 Å². The summed E-state index contributed by atoms with van der Waals surface area (Å²) in [6.45, 7) is 9.68. The molecular formula is C22H36O5. The van der Waals surface area contributed by atoms with Gasteiger partial charge in [0.2, 0.25) is 0 Å². The molecule has 2 rings (SSSR count). The Balaban J connectivity index is 2.35. The zero-order valence-corrected chi connectivity index (χ0v) is 17.2. The molecule has 1 saturated carbocycles. The van der Waals surface area contributed by atoms with E-state index in [1.807, 2.05) is 12.1 Å². The van der Waals surface area contributed by atoms with Crippen molar-refractivity contribution in [2.75, 3.05) is 6.61 Å². The minimum Gasteiger partial charge on any atom is -0.396 e. The summed E-state index contributed by atoms with van der Waals surface area (Å²) in [5.41, 5.74) is 0.620. The van der Waals surface area contributed by atoms with E-state index in [2.05, 4.69) is 39.8 Å². The van der Waals surface area contributed by atoms with Crippen molar-refractivity contribution in [2.45, 2.75) is 77.5 Å². The molecule has 0 heterocycles. The molecule has 1 aromatic carbocycles. The van der Waals surface area contributed by atoms with Gasteiger partial charge in [-0.15, -0.1) is 0 Å². The number of hydrogen-bond donors (Lipinski definition) is 4. The quantitative estimate of drug-likeness (QED) is 0.583. The minimum atomic E-state index is -1.67. The molecule has 0 aromatic heterocycles. The summed E-state index contributed by atoms with van der Waals surface area (Å²) >= 11 is 0. The summed E-state index contributed by atoms with van der Waals surface area (Å²) < 4.78 is 6.38. The Labute approximate surface area is 163 Å². The Bertz CT molecular complexity index is 598. The lowest BCUT2D eigenvalue weighted by Crippen LogP contribution is -2.62. The molecule has 0 unspecified atom stereocenters. The van der Waals surface area contributed by atoms with Gasteiger partial charge in [0.05, 0.1) is 18.3 Å². The highest BCUT2D eigenvalue weighted by molar-refractivity contribution is 5.30. The van der Waals surface area contributed by atoms with Crippen LogP contribution in [0.5, 0.6) is 0 Å². The van der Waals surface area contributed by atoms with Gasteiger partial charge < -0.3 is 25.2 Å². The number of ether oxygens (including phenoxy) is 1. The molecule has 1 aliphatic rings. The Morgan fingerprint density at radius 3 is 2.33 bits per heavy atom. The van der Waals surface area contributed by atoms with Gasteiger partial charge in [-0.1, -0.05) is 52.0 Å². The fraction of sp³-hybridized carbons (Fsp3) is 0.727. The lowest BCUT2D eigenvalue weighted by Gasteiger charge is -2.47. The summed E-state index contributed by atoms with van der Waals surface area (Å²) in [7, 11) is 0. The highest BCUT2D eigenvalue weighted by Crippen LogP contribution is 2.39. The van der Waals surface area contributed by atoms with Crippen molar-refractivity contribution in [3.8, 4) is 0 Å². The van der Waals surface area contributed by atoms with Crippen molar-refractivity contribution in [3.63, 3.8) is 0 Å². The number of aliphatic hydroxyl groups is 4. The molecule has 5 heteroatoms. The van der Waals surface area contributed by atoms with E-state index in [1.165, 1.54) is 12.5 Å². The van der Waals surface area contributed by atoms with Crippen LogP contribution in [0.15, 0.2) is 24.3 Å². The second-order valence-corrected chi connectivity index (χ2v) is 8.93. The first-order valence-electron chi connectivity index (χ1n) is 10.0. The van der Waals surface area contributed by atoms with Crippen LogP contribution >= 0.6 is 0 Å². The van der Waals surface area contributed by atoms with Crippen molar-refractivity contribution < 1.29 is 25.2 Å². The molecule has 5 nitrogen and oxygen atoms in total. The topological polar surface area (TPSA) is 90.2 Å². The molecule has 0 spiro atoms. The Morgan fingerprint density at radius 2 is 1.78 bits per heavy atom. The standard InChI is InChI=1S/C22H36O5/c1-13(2)10-15-8-6-7-9-17(15)19(14(3)4)27-20-16(12-23)11-18(24)22(5,26)21(20)25/h6-9,13-14,16,18-21,23-26H,10-12H2,1-5H3/t16-,18+,19-,20+,21-,22-/m1/s1. The first kappa shape index (κ1) is 22.3. The molecule has 0 radical (unpaired) electrons. The van der Waals surface area contributed by atoms with Gasteiger partial charge in [0.1, 0.15) is 11.7 Å². The van der Waals surface area contributed by atoms with Gasteiger partial charge in [-0.25, -0.2) is 0 Å². The third-order valence-corrected chi connectivity index (χ3v) is 5.71. The van der Waals surface area contributed by atoms with Gasteiger partial charge >= 0.3 is 0 Å². The average Bonchev–Trinajstić information content (AvgIpc) is 2.59. The summed E-state index contributed by atoms with van der Waals surface area (Å²) in [5, 5.41) is 41.2. The maximum absolute atomic E-state index is 10.7. The molecule has 0 aliphatic heterocycles. The van der Waals surface area contributed by atoms with Gasteiger partial charge in [0.25, 0.3) is 0 Å². The normalized spacial score (nSPS) is 32.9. The second-order valence-electron chi connectivity index (χ2n) is 8.93. The number of benzene rings is 1. The van der Waals surface area contributed by atoms with E-state index >= 15 is 0 Å². The van der Waals surface area contributed by atoms with Crippen molar-refractivity contribution in [3.05, 3.63) is 35.4 Å². The summed E-state index contributed by atoms with van der Waals surface area (Å²) in [6.07, 6.45) is -2.31. The van der Waals surface area contributed by atoms with Crippen LogP contribution < -0.4 is 0 Å². The van der Waals surface area contributed by atoms with E-state index in [4.69, 9.17) is 4.74 Å². The molecule has 0 amide bonds. The SMILES string of the molecule is CC(C)Cc1ccccc1[C@H](O[C@H]1[C@@H](CO)C[C@H](O)[C@@](C)(O)[C@@H]1O)C(C)C. The van der Waals surface area contributed by atoms with Gasteiger partial charge in [-0.3, -0.25) is 0 Å². The van der Waals surface area contributed by atoms with Crippen LogP contribution in [0.2, 0.25) is 0 Å². The Hall–Kier alpha value is -0.980. The lowest BCUT2D eigenvalue weighted by molar-refractivity contribution is -0.239. The predicted octanol–water partition coefficient (Wildman–Crippen LogP) is 2.45. The lowest BCUT2D eigenvalue weighted by atomic mass is 9.73. The fourth-order valence-corrected chi connectivity index (χ4v) is 4.01. The van der Waals surface area contributed by atoms with Crippen molar-refractivity contribution in [1.82, 2.24) is 0 Å². The number of aliphatic hydroxyl groups excluding tert-OH is 3. The Kier molecular flexibility index (Phi) is 7.45. The van der Waals surface area contributed by atoms with Crippen LogP contribution in [-0.2, 0) is 11.2 Å². The summed E-state index contributed by atoms with van der Waals surface area (Å²) in [5.74, 6) is 0.204. The highest BCUT2D eigenvalue weighted by atomic mass is 16.5. The van der Waals surface area contributed by atoms with Crippen molar-refractivity contribution >= 4 is 0 Å². The smallest absolute Gasteiger partial charge is 0.116 e. The maximum atomic E-state index is 10.7. The van der Waals surface area contributed by atoms with Crippen molar-refractivity contribution in [1.29, 1.82) is 0 Å². The molecule has 154 valence electrons. The predicted molar refractivity (Wildman–Crippen MR) is 105 cm³/mol. The molecule has 0 saturated heterocycles. The molecule has 6 atom stereocenters.